The molecule has 1 saturated heterocycles. The Bertz CT molecular complexity index is 678. The van der Waals surface area contributed by atoms with Gasteiger partial charge in [-0.2, -0.15) is 0 Å². The van der Waals surface area contributed by atoms with E-state index in [1.807, 2.05) is 17.5 Å². The van der Waals surface area contributed by atoms with Gasteiger partial charge in [-0.3, -0.25) is 4.40 Å². The van der Waals surface area contributed by atoms with Gasteiger partial charge >= 0.3 is 6.09 Å². The first-order chi connectivity index (χ1) is 9.98. The number of fused-ring (bicyclic) bond motifs is 1. The summed E-state index contributed by atoms with van der Waals surface area (Å²) in [5.41, 5.74) is 5.58. The van der Waals surface area contributed by atoms with Gasteiger partial charge in [0.25, 0.3) is 0 Å². The van der Waals surface area contributed by atoms with Gasteiger partial charge in [-0.1, -0.05) is 0 Å². The van der Waals surface area contributed by atoms with Crippen LogP contribution in [-0.4, -0.2) is 39.2 Å². The molecule has 0 atom stereocenters. The number of rotatable bonds is 2. The first kappa shape index (κ1) is 14.1. The van der Waals surface area contributed by atoms with Gasteiger partial charge in [0.15, 0.2) is 10.6 Å². The highest BCUT2D eigenvalue weighted by Gasteiger charge is 2.34. The number of amides is 1. The second-order valence-electron chi connectivity index (χ2n) is 5.39. The highest BCUT2D eigenvalue weighted by Crippen LogP contribution is 2.30. The van der Waals surface area contributed by atoms with Gasteiger partial charge in [-0.15, -0.1) is 0 Å². The zero-order valence-corrected chi connectivity index (χ0v) is 13.2. The summed E-state index contributed by atoms with van der Waals surface area (Å²) >= 11 is 3.40. The minimum atomic E-state index is -0.717. The van der Waals surface area contributed by atoms with E-state index >= 15 is 0 Å². The lowest BCUT2D eigenvalue weighted by molar-refractivity contribution is 0.0126. The molecule has 2 N–H and O–H groups in total. The van der Waals surface area contributed by atoms with Crippen molar-refractivity contribution in [3.63, 3.8) is 0 Å². The third-order valence-electron chi connectivity index (χ3n) is 3.86. The van der Waals surface area contributed by atoms with E-state index in [9.17, 15) is 4.79 Å². The molecule has 1 aliphatic heterocycles. The third kappa shape index (κ3) is 2.67. The topological polar surface area (TPSA) is 85.8 Å². The van der Waals surface area contributed by atoms with Crippen LogP contribution in [-0.2, 0) is 4.74 Å². The van der Waals surface area contributed by atoms with Crippen molar-refractivity contribution in [3.8, 4) is 0 Å². The molecule has 8 heteroatoms. The molecule has 0 unspecified atom stereocenters. The molecule has 0 radical (unpaired) electrons. The molecular formula is C13H16BrN5O2. The SMILES string of the molecule is CC1(OC(N)=O)CCN(c2nccn3c(Br)ncc23)CC1. The fourth-order valence-electron chi connectivity index (χ4n) is 2.66. The molecule has 0 aromatic carbocycles. The van der Waals surface area contributed by atoms with E-state index in [2.05, 4.69) is 30.8 Å². The summed E-state index contributed by atoms with van der Waals surface area (Å²) in [6.45, 7) is 3.41. The van der Waals surface area contributed by atoms with Crippen LogP contribution in [0.1, 0.15) is 19.8 Å². The predicted octanol–water partition coefficient (Wildman–Crippen LogP) is 1.95. The van der Waals surface area contributed by atoms with Crippen molar-refractivity contribution in [2.45, 2.75) is 25.4 Å². The van der Waals surface area contributed by atoms with E-state index < -0.39 is 11.7 Å². The molecular weight excluding hydrogens is 338 g/mol. The Morgan fingerprint density at radius 2 is 2.14 bits per heavy atom. The maximum absolute atomic E-state index is 11.0. The minimum Gasteiger partial charge on any atom is -0.443 e. The van der Waals surface area contributed by atoms with Crippen LogP contribution in [0.5, 0.6) is 0 Å². The summed E-state index contributed by atoms with van der Waals surface area (Å²) in [5.74, 6) is 0.886. The van der Waals surface area contributed by atoms with Crippen LogP contribution >= 0.6 is 15.9 Å². The van der Waals surface area contributed by atoms with E-state index in [1.54, 1.807) is 12.4 Å². The van der Waals surface area contributed by atoms with Crippen molar-refractivity contribution in [1.29, 1.82) is 0 Å². The van der Waals surface area contributed by atoms with Crippen molar-refractivity contribution in [2.75, 3.05) is 18.0 Å². The van der Waals surface area contributed by atoms with Crippen LogP contribution in [0.15, 0.2) is 23.3 Å². The third-order valence-corrected chi connectivity index (χ3v) is 4.45. The number of halogens is 1. The van der Waals surface area contributed by atoms with Gasteiger partial charge < -0.3 is 15.4 Å². The largest absolute Gasteiger partial charge is 0.443 e. The number of hydrogen-bond donors (Lipinski definition) is 1. The standard InChI is InChI=1S/C13H16BrN5O2/c1-13(21-12(15)20)2-5-18(6-3-13)10-9-8-17-11(14)19(9)7-4-16-10/h4,7-8H,2-3,5-6H2,1H3,(H2,15,20). The molecule has 0 saturated carbocycles. The van der Waals surface area contributed by atoms with E-state index in [-0.39, 0.29) is 0 Å². The molecule has 3 rings (SSSR count). The average molecular weight is 354 g/mol. The lowest BCUT2D eigenvalue weighted by Gasteiger charge is -2.38. The summed E-state index contributed by atoms with van der Waals surface area (Å²) in [6.07, 6.45) is 6.12. The highest BCUT2D eigenvalue weighted by molar-refractivity contribution is 9.10. The van der Waals surface area contributed by atoms with Crippen molar-refractivity contribution in [3.05, 3.63) is 23.3 Å². The summed E-state index contributed by atoms with van der Waals surface area (Å²) in [6, 6.07) is 0. The number of ether oxygens (including phenoxy) is 1. The molecule has 112 valence electrons. The zero-order valence-electron chi connectivity index (χ0n) is 11.6. The van der Waals surface area contributed by atoms with Gasteiger partial charge in [0, 0.05) is 38.3 Å². The number of anilines is 1. The summed E-state index contributed by atoms with van der Waals surface area (Å²) in [7, 11) is 0. The quantitative estimate of drug-likeness (QED) is 0.891. The maximum atomic E-state index is 11.0. The Kier molecular flexibility index (Phi) is 3.48. The molecule has 0 aliphatic carbocycles. The van der Waals surface area contributed by atoms with Crippen LogP contribution in [0.3, 0.4) is 0 Å². The number of hydrogen-bond acceptors (Lipinski definition) is 5. The Morgan fingerprint density at radius 1 is 1.43 bits per heavy atom. The van der Waals surface area contributed by atoms with Gasteiger partial charge in [0.2, 0.25) is 0 Å². The van der Waals surface area contributed by atoms with Crippen LogP contribution < -0.4 is 10.6 Å². The van der Waals surface area contributed by atoms with Crippen LogP contribution in [0, 0.1) is 0 Å². The van der Waals surface area contributed by atoms with Gasteiger partial charge in [0.1, 0.15) is 11.1 Å². The lowest BCUT2D eigenvalue weighted by Crippen LogP contribution is -2.46. The second-order valence-corrected chi connectivity index (χ2v) is 6.10. The van der Waals surface area contributed by atoms with Gasteiger partial charge in [0.05, 0.1) is 6.20 Å². The Balaban J connectivity index is 1.81. The maximum Gasteiger partial charge on any atom is 0.405 e. The number of primary amides is 1. The molecule has 1 amide bonds. The second kappa shape index (κ2) is 5.18. The number of aromatic nitrogens is 3. The fraction of sp³-hybridized carbons (Fsp3) is 0.462. The molecule has 2 aromatic heterocycles. The first-order valence-electron chi connectivity index (χ1n) is 6.69. The number of nitrogens with two attached hydrogens (primary N) is 1. The number of imidazole rings is 1. The lowest BCUT2D eigenvalue weighted by atomic mass is 9.93. The van der Waals surface area contributed by atoms with Gasteiger partial charge in [-0.25, -0.2) is 14.8 Å². The first-order valence-corrected chi connectivity index (χ1v) is 7.49. The summed E-state index contributed by atoms with van der Waals surface area (Å²) in [5, 5.41) is 0. The Morgan fingerprint density at radius 3 is 2.81 bits per heavy atom. The molecule has 1 aliphatic rings. The minimum absolute atomic E-state index is 0.492. The fourth-order valence-corrected chi connectivity index (χ4v) is 3.07. The smallest absolute Gasteiger partial charge is 0.405 e. The summed E-state index contributed by atoms with van der Waals surface area (Å²) in [4.78, 5) is 21.8. The average Bonchev–Trinajstić information content (AvgIpc) is 2.81. The van der Waals surface area contributed by atoms with E-state index in [0.717, 1.165) is 29.2 Å². The highest BCUT2D eigenvalue weighted by atomic mass is 79.9. The Labute approximate surface area is 130 Å². The number of carbonyl (C=O) groups excluding carboxylic acids is 1. The number of piperidine rings is 1. The monoisotopic (exact) mass is 353 g/mol. The molecule has 3 heterocycles. The zero-order chi connectivity index (χ0) is 15.0. The van der Waals surface area contributed by atoms with Crippen LogP contribution in [0.2, 0.25) is 0 Å². The van der Waals surface area contributed by atoms with Crippen molar-refractivity contribution < 1.29 is 9.53 Å². The van der Waals surface area contributed by atoms with E-state index in [1.165, 1.54) is 0 Å². The van der Waals surface area contributed by atoms with Crippen LogP contribution in [0.25, 0.3) is 5.52 Å². The molecule has 1 fully saturated rings. The van der Waals surface area contributed by atoms with Crippen molar-refractivity contribution in [2.24, 2.45) is 5.73 Å². The molecule has 21 heavy (non-hydrogen) atoms. The molecule has 0 bridgehead atoms. The van der Waals surface area contributed by atoms with E-state index in [0.29, 0.717) is 12.8 Å². The van der Waals surface area contributed by atoms with Crippen molar-refractivity contribution >= 4 is 33.4 Å². The number of nitrogens with zero attached hydrogens (tertiary/aromatic N) is 4. The molecule has 0 spiro atoms. The summed E-state index contributed by atoms with van der Waals surface area (Å²) < 4.78 is 7.91. The normalized spacial score (nSPS) is 17.9. The number of carbonyl (C=O) groups is 1. The molecule has 2 aromatic rings. The van der Waals surface area contributed by atoms with Crippen LogP contribution in [0.4, 0.5) is 10.6 Å². The predicted molar refractivity (Wildman–Crippen MR) is 81.2 cm³/mol. The van der Waals surface area contributed by atoms with E-state index in [4.69, 9.17) is 10.5 Å². The van der Waals surface area contributed by atoms with Crippen molar-refractivity contribution in [1.82, 2.24) is 14.4 Å². The molecule has 7 nitrogen and oxygen atoms in total. The Hall–Kier alpha value is -1.83. The van der Waals surface area contributed by atoms with Gasteiger partial charge in [-0.05, 0) is 22.9 Å².